The first-order valence-corrected chi connectivity index (χ1v) is 7.04. The number of carbonyl (C=O) groups is 3. The van der Waals surface area contributed by atoms with Crippen LogP contribution in [-0.4, -0.2) is 72.9 Å². The molecule has 0 radical (unpaired) electrons. The van der Waals surface area contributed by atoms with E-state index in [0.29, 0.717) is 0 Å². The SMILES string of the molecule is C=CC(=O)OCC(CO)(COC(=O)C=C)COC(=O)C=C.OCCO. The van der Waals surface area contributed by atoms with E-state index in [0.717, 1.165) is 18.2 Å². The van der Waals surface area contributed by atoms with Gasteiger partial charge in [0, 0.05) is 18.2 Å². The van der Waals surface area contributed by atoms with Crippen LogP contribution in [0.5, 0.6) is 0 Å². The Bertz CT molecular complexity index is 395. The van der Waals surface area contributed by atoms with Crippen molar-refractivity contribution in [2.45, 2.75) is 0 Å². The fraction of sp³-hybridized carbons (Fsp3) is 0.438. The van der Waals surface area contributed by atoms with Crippen LogP contribution in [0.4, 0.5) is 0 Å². The highest BCUT2D eigenvalue weighted by atomic mass is 16.6. The maximum atomic E-state index is 11.1. The minimum Gasteiger partial charge on any atom is -0.462 e. The van der Waals surface area contributed by atoms with Crippen LogP contribution in [-0.2, 0) is 28.6 Å². The second-order valence-electron chi connectivity index (χ2n) is 4.54. The normalized spacial score (nSPS) is 9.72. The molecule has 0 fully saturated rings. The van der Waals surface area contributed by atoms with Gasteiger partial charge in [-0.25, -0.2) is 14.4 Å². The van der Waals surface area contributed by atoms with Crippen molar-refractivity contribution in [2.75, 3.05) is 39.6 Å². The minimum atomic E-state index is -1.28. The number of ether oxygens (including phenoxy) is 3. The van der Waals surface area contributed by atoms with E-state index >= 15 is 0 Å². The van der Waals surface area contributed by atoms with Gasteiger partial charge in [0.1, 0.15) is 19.8 Å². The maximum absolute atomic E-state index is 11.1. The molecule has 0 heterocycles. The van der Waals surface area contributed by atoms with Gasteiger partial charge in [0.25, 0.3) is 0 Å². The predicted octanol–water partition coefficient (Wildman–Crippen LogP) is -0.876. The molecule has 0 aromatic rings. The molecule has 0 spiro atoms. The lowest BCUT2D eigenvalue weighted by molar-refractivity contribution is -0.159. The second-order valence-corrected chi connectivity index (χ2v) is 4.54. The number of carbonyl (C=O) groups excluding carboxylic acids is 3. The molecule has 0 aliphatic rings. The van der Waals surface area contributed by atoms with Crippen molar-refractivity contribution in [2.24, 2.45) is 5.41 Å². The van der Waals surface area contributed by atoms with Crippen LogP contribution in [0.2, 0.25) is 0 Å². The Labute approximate surface area is 145 Å². The first-order valence-electron chi connectivity index (χ1n) is 7.04. The van der Waals surface area contributed by atoms with Crippen LogP contribution >= 0.6 is 0 Å². The van der Waals surface area contributed by atoms with Crippen molar-refractivity contribution < 1.29 is 43.9 Å². The summed E-state index contributed by atoms with van der Waals surface area (Å²) >= 11 is 0. The minimum absolute atomic E-state index is 0.125. The van der Waals surface area contributed by atoms with Crippen molar-refractivity contribution in [3.05, 3.63) is 38.0 Å². The summed E-state index contributed by atoms with van der Waals surface area (Å²) in [4.78, 5) is 33.3. The number of aliphatic hydroxyl groups is 3. The summed E-state index contributed by atoms with van der Waals surface area (Å²) in [6, 6.07) is 0. The van der Waals surface area contributed by atoms with E-state index < -0.39 is 29.9 Å². The maximum Gasteiger partial charge on any atom is 0.330 e. The Balaban J connectivity index is 0. The summed E-state index contributed by atoms with van der Waals surface area (Å²) in [7, 11) is 0. The van der Waals surface area contributed by atoms with E-state index in [1.54, 1.807) is 0 Å². The lowest BCUT2D eigenvalue weighted by Gasteiger charge is -2.29. The number of esters is 3. The van der Waals surface area contributed by atoms with E-state index in [1.165, 1.54) is 0 Å². The predicted molar refractivity (Wildman–Crippen MR) is 87.2 cm³/mol. The second kappa shape index (κ2) is 15.1. The molecular formula is C16H24O9. The Kier molecular flexibility index (Phi) is 14.9. The molecule has 0 rings (SSSR count). The molecular weight excluding hydrogens is 336 g/mol. The zero-order valence-electron chi connectivity index (χ0n) is 13.9. The molecule has 0 atom stereocenters. The smallest absolute Gasteiger partial charge is 0.330 e. The monoisotopic (exact) mass is 360 g/mol. The molecule has 142 valence electrons. The Hall–Kier alpha value is -2.49. The van der Waals surface area contributed by atoms with Crippen LogP contribution in [0.15, 0.2) is 38.0 Å². The van der Waals surface area contributed by atoms with Gasteiger partial charge in [0.15, 0.2) is 0 Å². The highest BCUT2D eigenvalue weighted by Crippen LogP contribution is 2.19. The van der Waals surface area contributed by atoms with Crippen molar-refractivity contribution >= 4 is 17.9 Å². The van der Waals surface area contributed by atoms with Gasteiger partial charge in [0.05, 0.1) is 25.2 Å². The molecule has 9 heteroatoms. The third-order valence-corrected chi connectivity index (χ3v) is 2.50. The molecule has 0 unspecified atom stereocenters. The van der Waals surface area contributed by atoms with Gasteiger partial charge < -0.3 is 29.5 Å². The number of aliphatic hydroxyl groups excluding tert-OH is 3. The van der Waals surface area contributed by atoms with Crippen LogP contribution in [0.3, 0.4) is 0 Å². The van der Waals surface area contributed by atoms with E-state index in [4.69, 9.17) is 24.4 Å². The molecule has 0 amide bonds. The number of hydrogen-bond acceptors (Lipinski definition) is 9. The van der Waals surface area contributed by atoms with Crippen molar-refractivity contribution in [3.63, 3.8) is 0 Å². The fourth-order valence-electron chi connectivity index (χ4n) is 1.11. The molecule has 0 saturated carbocycles. The molecule has 25 heavy (non-hydrogen) atoms. The van der Waals surface area contributed by atoms with Crippen LogP contribution in [0.1, 0.15) is 0 Å². The van der Waals surface area contributed by atoms with Gasteiger partial charge in [-0.05, 0) is 0 Å². The average molecular weight is 360 g/mol. The molecule has 0 aromatic heterocycles. The van der Waals surface area contributed by atoms with Crippen molar-refractivity contribution in [1.82, 2.24) is 0 Å². The van der Waals surface area contributed by atoms with Gasteiger partial charge in [-0.2, -0.15) is 0 Å². The number of rotatable bonds is 11. The highest BCUT2D eigenvalue weighted by Gasteiger charge is 2.35. The van der Waals surface area contributed by atoms with Crippen molar-refractivity contribution in [1.29, 1.82) is 0 Å². The van der Waals surface area contributed by atoms with Gasteiger partial charge in [-0.3, -0.25) is 0 Å². The topological polar surface area (TPSA) is 140 Å². The Morgan fingerprint density at radius 3 is 1.16 bits per heavy atom. The summed E-state index contributed by atoms with van der Waals surface area (Å²) in [5, 5.41) is 24.7. The fourth-order valence-corrected chi connectivity index (χ4v) is 1.11. The standard InChI is InChI=1S/C14H18O7.C2H6O2/c1-4-11(16)19-8-14(7-15,9-20-12(17)5-2)10-21-13(18)6-3;3-1-2-4/h4-6,15H,1-3,7-10H2;3-4H,1-2H2. The lowest BCUT2D eigenvalue weighted by atomic mass is 9.92. The van der Waals surface area contributed by atoms with Gasteiger partial charge in [-0.1, -0.05) is 19.7 Å². The molecule has 0 aliphatic carbocycles. The zero-order chi connectivity index (χ0) is 19.7. The van der Waals surface area contributed by atoms with Crippen LogP contribution < -0.4 is 0 Å². The summed E-state index contributed by atoms with van der Waals surface area (Å²) in [5.74, 6) is -2.17. The number of hydrogen-bond donors (Lipinski definition) is 3. The third-order valence-electron chi connectivity index (χ3n) is 2.50. The van der Waals surface area contributed by atoms with Crippen molar-refractivity contribution in [3.8, 4) is 0 Å². The average Bonchev–Trinajstić information content (AvgIpc) is 2.66. The lowest BCUT2D eigenvalue weighted by Crippen LogP contribution is -2.42. The summed E-state index contributed by atoms with van der Waals surface area (Å²) in [5.41, 5.74) is -1.28. The quantitative estimate of drug-likeness (QED) is 0.243. The molecule has 0 aromatic carbocycles. The summed E-state index contributed by atoms with van der Waals surface area (Å²) in [6.45, 7) is 7.89. The molecule has 3 N–H and O–H groups in total. The molecule has 0 saturated heterocycles. The molecule has 0 bridgehead atoms. The van der Waals surface area contributed by atoms with E-state index in [2.05, 4.69) is 19.7 Å². The first kappa shape index (κ1) is 24.8. The van der Waals surface area contributed by atoms with Gasteiger partial charge in [0.2, 0.25) is 0 Å². The molecule has 9 nitrogen and oxygen atoms in total. The first-order chi connectivity index (χ1) is 11.8. The van der Waals surface area contributed by atoms with E-state index in [-0.39, 0.29) is 33.0 Å². The van der Waals surface area contributed by atoms with Crippen LogP contribution in [0, 0.1) is 5.41 Å². The summed E-state index contributed by atoms with van der Waals surface area (Å²) in [6.07, 6.45) is 2.81. The molecule has 0 aliphatic heterocycles. The Morgan fingerprint density at radius 1 is 0.720 bits per heavy atom. The van der Waals surface area contributed by atoms with Crippen LogP contribution in [0.25, 0.3) is 0 Å². The van der Waals surface area contributed by atoms with E-state index in [1.807, 2.05) is 0 Å². The largest absolute Gasteiger partial charge is 0.462 e. The highest BCUT2D eigenvalue weighted by molar-refractivity contribution is 5.82. The Morgan fingerprint density at radius 2 is 1.00 bits per heavy atom. The van der Waals surface area contributed by atoms with Gasteiger partial charge in [-0.15, -0.1) is 0 Å². The summed E-state index contributed by atoms with van der Waals surface area (Å²) < 4.78 is 14.5. The van der Waals surface area contributed by atoms with E-state index in [9.17, 15) is 19.5 Å². The van der Waals surface area contributed by atoms with Gasteiger partial charge >= 0.3 is 17.9 Å². The third kappa shape index (κ3) is 12.6. The zero-order valence-corrected chi connectivity index (χ0v) is 13.9.